The lowest BCUT2D eigenvalue weighted by atomic mass is 10.1. The normalized spacial score (nSPS) is 25.9. The van der Waals surface area contributed by atoms with Crippen LogP contribution in [0.25, 0.3) is 0 Å². The molecule has 0 bridgehead atoms. The first kappa shape index (κ1) is 14.5. The van der Waals surface area contributed by atoms with Crippen LogP contribution in [0.1, 0.15) is 5.56 Å². The van der Waals surface area contributed by atoms with Crippen LogP contribution >= 0.6 is 0 Å². The van der Waals surface area contributed by atoms with Crippen molar-refractivity contribution in [2.75, 3.05) is 6.61 Å². The summed E-state index contributed by atoms with van der Waals surface area (Å²) in [5.74, 6) is -3.80. The molecular formula is C14H17NO5. The van der Waals surface area contributed by atoms with Gasteiger partial charge in [-0.2, -0.15) is 0 Å². The summed E-state index contributed by atoms with van der Waals surface area (Å²) >= 11 is 0. The molecule has 1 aromatic rings. The third kappa shape index (κ3) is 3.15. The monoisotopic (exact) mass is 279 g/mol. The first-order valence-electron chi connectivity index (χ1n) is 6.35. The predicted molar refractivity (Wildman–Crippen MR) is 69.8 cm³/mol. The molecule has 20 heavy (non-hydrogen) atoms. The molecule has 1 saturated carbocycles. The Morgan fingerprint density at radius 1 is 1.25 bits per heavy atom. The number of aliphatic carboxylic acids is 2. The lowest BCUT2D eigenvalue weighted by Gasteiger charge is -2.06. The molecular weight excluding hydrogens is 262 g/mol. The number of hydrogen-bond acceptors (Lipinski definition) is 4. The maximum atomic E-state index is 11.0. The predicted octanol–water partition coefficient (Wildman–Crippen LogP) is 0.562. The van der Waals surface area contributed by atoms with Crippen LogP contribution in [0.4, 0.5) is 0 Å². The van der Waals surface area contributed by atoms with Crippen LogP contribution in [0.5, 0.6) is 0 Å². The second kappa shape index (κ2) is 6.02. The maximum absolute atomic E-state index is 11.0. The molecule has 4 atom stereocenters. The van der Waals surface area contributed by atoms with E-state index in [2.05, 4.69) is 0 Å². The molecule has 1 fully saturated rings. The molecule has 4 N–H and O–H groups in total. The van der Waals surface area contributed by atoms with E-state index >= 15 is 0 Å². The van der Waals surface area contributed by atoms with Crippen molar-refractivity contribution in [2.24, 2.45) is 23.5 Å². The zero-order valence-electron chi connectivity index (χ0n) is 10.8. The van der Waals surface area contributed by atoms with E-state index in [0.29, 0.717) is 6.61 Å². The molecule has 108 valence electrons. The highest BCUT2D eigenvalue weighted by molar-refractivity contribution is 5.80. The highest BCUT2D eigenvalue weighted by Gasteiger charge is 2.59. The largest absolute Gasteiger partial charge is 0.481 e. The number of carbonyl (C=O) groups is 2. The summed E-state index contributed by atoms with van der Waals surface area (Å²) < 4.78 is 5.47. The van der Waals surface area contributed by atoms with Gasteiger partial charge in [-0.05, 0) is 5.56 Å². The van der Waals surface area contributed by atoms with Crippen LogP contribution < -0.4 is 5.73 Å². The highest BCUT2D eigenvalue weighted by Crippen LogP contribution is 2.48. The van der Waals surface area contributed by atoms with Crippen LogP contribution in [0.15, 0.2) is 30.3 Å². The molecule has 1 aromatic carbocycles. The van der Waals surface area contributed by atoms with Gasteiger partial charge in [0.25, 0.3) is 0 Å². The third-order valence-corrected chi connectivity index (χ3v) is 3.64. The van der Waals surface area contributed by atoms with Crippen molar-refractivity contribution < 1.29 is 24.5 Å². The van der Waals surface area contributed by atoms with Crippen molar-refractivity contribution in [3.8, 4) is 0 Å². The average molecular weight is 279 g/mol. The molecule has 0 heterocycles. The van der Waals surface area contributed by atoms with Gasteiger partial charge in [0, 0.05) is 11.8 Å². The smallest absolute Gasteiger partial charge is 0.320 e. The van der Waals surface area contributed by atoms with Gasteiger partial charge in [0.15, 0.2) is 0 Å². The van der Waals surface area contributed by atoms with E-state index in [1.807, 2.05) is 30.3 Å². The molecule has 1 aliphatic rings. The lowest BCUT2D eigenvalue weighted by Crippen LogP contribution is -2.34. The Morgan fingerprint density at radius 3 is 2.45 bits per heavy atom. The van der Waals surface area contributed by atoms with E-state index in [0.717, 1.165) is 5.56 Å². The molecule has 0 radical (unpaired) electrons. The van der Waals surface area contributed by atoms with Gasteiger partial charge in [-0.3, -0.25) is 9.59 Å². The number of ether oxygens (including phenoxy) is 1. The number of hydrogen-bond donors (Lipinski definition) is 3. The van der Waals surface area contributed by atoms with Crippen molar-refractivity contribution in [1.82, 2.24) is 0 Å². The highest BCUT2D eigenvalue weighted by atomic mass is 16.5. The Morgan fingerprint density at radius 2 is 1.90 bits per heavy atom. The molecule has 0 amide bonds. The fourth-order valence-electron chi connectivity index (χ4n) is 2.50. The third-order valence-electron chi connectivity index (χ3n) is 3.64. The van der Waals surface area contributed by atoms with E-state index in [1.165, 1.54) is 0 Å². The Balaban J connectivity index is 1.86. The SMILES string of the molecule is N[C@H](C(=O)O)[C@@H]1C(COCc2ccccc2)[C@@H]1C(=O)O. The Bertz CT molecular complexity index is 490. The summed E-state index contributed by atoms with van der Waals surface area (Å²) in [5, 5.41) is 17.9. The van der Waals surface area contributed by atoms with E-state index in [9.17, 15) is 9.59 Å². The quantitative estimate of drug-likeness (QED) is 0.672. The van der Waals surface area contributed by atoms with Gasteiger partial charge in [-0.15, -0.1) is 0 Å². The molecule has 1 unspecified atom stereocenters. The van der Waals surface area contributed by atoms with Gasteiger partial charge in [0.1, 0.15) is 6.04 Å². The van der Waals surface area contributed by atoms with E-state index < -0.39 is 29.8 Å². The molecule has 0 aromatic heterocycles. The van der Waals surface area contributed by atoms with Crippen molar-refractivity contribution >= 4 is 11.9 Å². The molecule has 0 saturated heterocycles. The number of carboxylic acids is 2. The number of benzene rings is 1. The maximum Gasteiger partial charge on any atom is 0.320 e. The fraction of sp³-hybridized carbons (Fsp3) is 0.429. The van der Waals surface area contributed by atoms with E-state index in [4.69, 9.17) is 20.7 Å². The minimum atomic E-state index is -1.17. The van der Waals surface area contributed by atoms with E-state index in [1.54, 1.807) is 0 Å². The van der Waals surface area contributed by atoms with Crippen LogP contribution in [-0.4, -0.2) is 34.8 Å². The van der Waals surface area contributed by atoms with Gasteiger partial charge in [-0.1, -0.05) is 30.3 Å². The zero-order valence-corrected chi connectivity index (χ0v) is 10.8. The van der Waals surface area contributed by atoms with Crippen molar-refractivity contribution in [2.45, 2.75) is 12.6 Å². The van der Waals surface area contributed by atoms with Gasteiger partial charge < -0.3 is 20.7 Å². The first-order chi connectivity index (χ1) is 9.52. The topological polar surface area (TPSA) is 110 Å². The Hall–Kier alpha value is -1.92. The molecule has 1 aliphatic carbocycles. The van der Waals surface area contributed by atoms with Crippen LogP contribution in [0.3, 0.4) is 0 Å². The number of carboxylic acid groups (broad SMARTS) is 2. The van der Waals surface area contributed by atoms with Crippen LogP contribution in [0, 0.1) is 17.8 Å². The van der Waals surface area contributed by atoms with Gasteiger partial charge in [0.2, 0.25) is 0 Å². The molecule has 6 heteroatoms. The standard InChI is InChI=1S/C14H17NO5/c15-12(14(18)19)10-9(11(10)13(16)17)7-20-6-8-4-2-1-3-5-8/h1-5,9-12H,6-7,15H2,(H,16,17)(H,18,19)/t9?,10-,11+,12+/m1/s1. The Labute approximate surface area is 116 Å². The van der Waals surface area contributed by atoms with Gasteiger partial charge >= 0.3 is 11.9 Å². The first-order valence-corrected chi connectivity index (χ1v) is 6.35. The summed E-state index contributed by atoms with van der Waals surface area (Å²) in [6.07, 6.45) is 0. The summed E-state index contributed by atoms with van der Waals surface area (Å²) in [4.78, 5) is 21.9. The van der Waals surface area contributed by atoms with Gasteiger partial charge in [0.05, 0.1) is 19.1 Å². The Kier molecular flexibility index (Phi) is 4.36. The lowest BCUT2D eigenvalue weighted by molar-refractivity contribution is -0.140. The summed E-state index contributed by atoms with van der Waals surface area (Å²) in [7, 11) is 0. The average Bonchev–Trinajstić information content (AvgIpc) is 3.13. The zero-order chi connectivity index (χ0) is 14.7. The second-order valence-corrected chi connectivity index (χ2v) is 4.97. The summed E-state index contributed by atoms with van der Waals surface area (Å²) in [6, 6.07) is 8.33. The van der Waals surface area contributed by atoms with Crippen molar-refractivity contribution in [1.29, 1.82) is 0 Å². The van der Waals surface area contributed by atoms with Crippen LogP contribution in [0.2, 0.25) is 0 Å². The van der Waals surface area contributed by atoms with E-state index in [-0.39, 0.29) is 12.5 Å². The summed E-state index contributed by atoms with van der Waals surface area (Å²) in [6.45, 7) is 0.580. The van der Waals surface area contributed by atoms with Crippen molar-refractivity contribution in [3.05, 3.63) is 35.9 Å². The minimum absolute atomic E-state index is 0.206. The molecule has 6 nitrogen and oxygen atoms in total. The molecule has 0 aliphatic heterocycles. The fourth-order valence-corrected chi connectivity index (χ4v) is 2.50. The van der Waals surface area contributed by atoms with Gasteiger partial charge in [-0.25, -0.2) is 0 Å². The second-order valence-electron chi connectivity index (χ2n) is 4.97. The van der Waals surface area contributed by atoms with Crippen LogP contribution in [-0.2, 0) is 20.9 Å². The molecule has 2 rings (SSSR count). The summed E-state index contributed by atoms with van der Waals surface area (Å²) in [5.41, 5.74) is 6.49. The minimum Gasteiger partial charge on any atom is -0.481 e. The number of rotatable bonds is 7. The molecule has 0 spiro atoms. The van der Waals surface area contributed by atoms with Crippen molar-refractivity contribution in [3.63, 3.8) is 0 Å². The number of nitrogens with two attached hydrogens (primary N) is 1.